The topological polar surface area (TPSA) is 49.2 Å². The molecule has 1 N–H and O–H groups in total. The molecule has 4 heteroatoms. The maximum Gasteiger partial charge on any atom is 0.359 e. The van der Waals surface area contributed by atoms with Gasteiger partial charge < -0.3 is 9.42 Å². The number of aromatic amines is 1. The van der Waals surface area contributed by atoms with Gasteiger partial charge >= 0.3 is 5.63 Å². The zero-order valence-corrected chi connectivity index (χ0v) is 6.92. The number of aromatic nitrogens is 1. The second-order valence-electron chi connectivity index (χ2n) is 2.76. The molecule has 0 aromatic carbocycles. The van der Waals surface area contributed by atoms with E-state index in [0.29, 0.717) is 11.9 Å². The van der Waals surface area contributed by atoms with Crippen molar-refractivity contribution in [2.24, 2.45) is 0 Å². The monoisotopic (exact) mass is 156 g/mol. The molecule has 0 amide bonds. The van der Waals surface area contributed by atoms with Gasteiger partial charge in [0, 0.05) is 13.1 Å². The van der Waals surface area contributed by atoms with E-state index in [1.54, 1.807) is 0 Å². The largest absolute Gasteiger partial charge is 0.359 e. The Hall–Kier alpha value is -1.19. The smallest absolute Gasteiger partial charge is 0.356 e. The summed E-state index contributed by atoms with van der Waals surface area (Å²) in [6.45, 7) is 4.07. The maximum atomic E-state index is 10.6. The Bertz CT molecular complexity index is 274. The molecule has 0 aliphatic heterocycles. The maximum absolute atomic E-state index is 10.6. The Morgan fingerprint density at radius 1 is 1.64 bits per heavy atom. The Kier molecular flexibility index (Phi) is 2.03. The number of rotatable bonds is 2. The third-order valence-corrected chi connectivity index (χ3v) is 1.67. The molecule has 0 spiro atoms. The predicted molar refractivity (Wildman–Crippen MR) is 42.9 cm³/mol. The van der Waals surface area contributed by atoms with E-state index in [-0.39, 0.29) is 5.63 Å². The summed E-state index contributed by atoms with van der Waals surface area (Å²) in [6.07, 6.45) is 0. The average molecular weight is 156 g/mol. The summed E-state index contributed by atoms with van der Waals surface area (Å²) in [5.41, 5.74) is -0.340. The molecule has 11 heavy (non-hydrogen) atoms. The fourth-order valence-corrected chi connectivity index (χ4v) is 0.725. The van der Waals surface area contributed by atoms with E-state index in [4.69, 9.17) is 0 Å². The number of nitrogens with zero attached hydrogens (tertiary/aromatic N) is 1. The first-order valence-electron chi connectivity index (χ1n) is 3.52. The Balaban J connectivity index is 2.84. The highest BCUT2D eigenvalue weighted by atomic mass is 16.5. The van der Waals surface area contributed by atoms with Crippen molar-refractivity contribution in [3.8, 4) is 0 Å². The van der Waals surface area contributed by atoms with Gasteiger partial charge in [0.1, 0.15) is 5.82 Å². The van der Waals surface area contributed by atoms with Crippen LogP contribution in [0.15, 0.2) is 15.4 Å². The van der Waals surface area contributed by atoms with Crippen LogP contribution in [0.2, 0.25) is 0 Å². The van der Waals surface area contributed by atoms with Crippen molar-refractivity contribution < 1.29 is 4.52 Å². The third kappa shape index (κ3) is 1.63. The zero-order valence-electron chi connectivity index (χ0n) is 6.92. The lowest BCUT2D eigenvalue weighted by Crippen LogP contribution is -2.25. The fraction of sp³-hybridized carbons (Fsp3) is 0.571. The third-order valence-electron chi connectivity index (χ3n) is 1.67. The second-order valence-corrected chi connectivity index (χ2v) is 2.76. The molecule has 4 nitrogen and oxygen atoms in total. The molecule has 1 aromatic rings. The number of anilines is 1. The van der Waals surface area contributed by atoms with E-state index in [0.717, 1.165) is 0 Å². The van der Waals surface area contributed by atoms with E-state index in [1.807, 2.05) is 25.8 Å². The van der Waals surface area contributed by atoms with E-state index >= 15 is 0 Å². The number of nitrogens with one attached hydrogen (secondary N) is 1. The molecule has 1 rings (SSSR count). The SMILES string of the molecule is CC(C)N(C)c1cc(=O)o[nH]1. The number of hydrogen-bond donors (Lipinski definition) is 1. The van der Waals surface area contributed by atoms with Crippen molar-refractivity contribution in [2.45, 2.75) is 19.9 Å². The summed E-state index contributed by atoms with van der Waals surface area (Å²) >= 11 is 0. The lowest BCUT2D eigenvalue weighted by Gasteiger charge is -2.20. The van der Waals surface area contributed by atoms with Crippen molar-refractivity contribution in [1.82, 2.24) is 5.16 Å². The van der Waals surface area contributed by atoms with Crippen LogP contribution in [-0.2, 0) is 0 Å². The predicted octanol–water partition coefficient (Wildman–Crippen LogP) is 0.812. The molecular weight excluding hydrogens is 144 g/mol. The van der Waals surface area contributed by atoms with Gasteiger partial charge in [-0.2, -0.15) is 0 Å². The molecule has 62 valence electrons. The molecule has 0 radical (unpaired) electrons. The van der Waals surface area contributed by atoms with Crippen LogP contribution >= 0.6 is 0 Å². The molecule has 1 aromatic heterocycles. The van der Waals surface area contributed by atoms with Gasteiger partial charge in [-0.15, -0.1) is 0 Å². The molecule has 1 heterocycles. The van der Waals surface area contributed by atoms with Crippen LogP contribution < -0.4 is 10.5 Å². The molecule has 0 fully saturated rings. The minimum absolute atomic E-state index is 0.340. The van der Waals surface area contributed by atoms with Crippen LogP contribution in [0.25, 0.3) is 0 Å². The molecule has 0 unspecified atom stereocenters. The number of H-pyrrole nitrogens is 1. The van der Waals surface area contributed by atoms with E-state index in [2.05, 4.69) is 9.68 Å². The van der Waals surface area contributed by atoms with Crippen LogP contribution in [0.5, 0.6) is 0 Å². The summed E-state index contributed by atoms with van der Waals surface area (Å²) in [7, 11) is 1.89. The van der Waals surface area contributed by atoms with Gasteiger partial charge in [-0.1, -0.05) is 0 Å². The highest BCUT2D eigenvalue weighted by Crippen LogP contribution is 2.07. The molecule has 0 atom stereocenters. The van der Waals surface area contributed by atoms with Crippen molar-refractivity contribution in [3.05, 3.63) is 16.5 Å². The lowest BCUT2D eigenvalue weighted by molar-refractivity contribution is 0.391. The van der Waals surface area contributed by atoms with Crippen LogP contribution in [0.1, 0.15) is 13.8 Å². The van der Waals surface area contributed by atoms with Gasteiger partial charge in [0.2, 0.25) is 0 Å². The van der Waals surface area contributed by atoms with E-state index in [9.17, 15) is 4.79 Å². The highest BCUT2D eigenvalue weighted by Gasteiger charge is 2.06. The summed E-state index contributed by atoms with van der Waals surface area (Å²) in [6, 6.07) is 1.78. The van der Waals surface area contributed by atoms with Crippen molar-refractivity contribution in [2.75, 3.05) is 11.9 Å². The van der Waals surface area contributed by atoms with Gasteiger partial charge in [-0.3, -0.25) is 0 Å². The van der Waals surface area contributed by atoms with Gasteiger partial charge in [0.25, 0.3) is 0 Å². The summed E-state index contributed by atoms with van der Waals surface area (Å²) < 4.78 is 4.51. The second kappa shape index (κ2) is 2.82. The van der Waals surface area contributed by atoms with Gasteiger partial charge in [0.15, 0.2) is 0 Å². The van der Waals surface area contributed by atoms with Crippen molar-refractivity contribution in [1.29, 1.82) is 0 Å². The average Bonchev–Trinajstić information content (AvgIpc) is 2.34. The molecule has 0 saturated heterocycles. The first kappa shape index (κ1) is 7.91. The van der Waals surface area contributed by atoms with Gasteiger partial charge in [-0.05, 0) is 13.8 Å². The molecule has 0 saturated carbocycles. The Morgan fingerprint density at radius 3 is 2.64 bits per heavy atom. The molecule has 0 bridgehead atoms. The van der Waals surface area contributed by atoms with Crippen LogP contribution in [0.4, 0.5) is 5.82 Å². The standard InChI is InChI=1S/C7H12N2O2/c1-5(2)9(3)6-4-7(10)11-8-6/h4-5,8H,1-3H3. The van der Waals surface area contributed by atoms with E-state index in [1.165, 1.54) is 6.07 Å². The lowest BCUT2D eigenvalue weighted by atomic mass is 10.3. The summed E-state index contributed by atoms with van der Waals surface area (Å²) in [4.78, 5) is 12.5. The molecule has 0 aliphatic carbocycles. The summed E-state index contributed by atoms with van der Waals surface area (Å²) in [5, 5.41) is 2.52. The molecular formula is C7H12N2O2. The minimum Gasteiger partial charge on any atom is -0.356 e. The Morgan fingerprint density at radius 2 is 2.27 bits per heavy atom. The van der Waals surface area contributed by atoms with Crippen LogP contribution in [-0.4, -0.2) is 18.2 Å². The first-order valence-corrected chi connectivity index (χ1v) is 3.52. The first-order chi connectivity index (χ1) is 5.11. The van der Waals surface area contributed by atoms with Crippen LogP contribution in [0, 0.1) is 0 Å². The summed E-state index contributed by atoms with van der Waals surface area (Å²) in [5.74, 6) is 0.713. The van der Waals surface area contributed by atoms with Crippen molar-refractivity contribution >= 4 is 5.82 Å². The Labute approximate surface area is 64.8 Å². The van der Waals surface area contributed by atoms with E-state index < -0.39 is 0 Å². The quantitative estimate of drug-likeness (QED) is 0.689. The minimum atomic E-state index is -0.340. The normalized spacial score (nSPS) is 10.5. The van der Waals surface area contributed by atoms with Crippen molar-refractivity contribution in [3.63, 3.8) is 0 Å². The fourth-order valence-electron chi connectivity index (χ4n) is 0.725. The molecule has 0 aliphatic rings. The highest BCUT2D eigenvalue weighted by molar-refractivity contribution is 5.35. The van der Waals surface area contributed by atoms with Gasteiger partial charge in [-0.25, -0.2) is 9.95 Å². The van der Waals surface area contributed by atoms with Crippen LogP contribution in [0.3, 0.4) is 0 Å². The zero-order chi connectivity index (χ0) is 8.43. The van der Waals surface area contributed by atoms with Gasteiger partial charge in [0.05, 0.1) is 6.07 Å². The number of hydrogen-bond acceptors (Lipinski definition) is 3.